The molecule has 2 aliphatic carbocycles. The Morgan fingerprint density at radius 3 is 2.87 bits per heavy atom. The first-order chi connectivity index (χ1) is 18.7. The number of nitrogens with zero attached hydrogens (tertiary/aromatic N) is 3. The van der Waals surface area contributed by atoms with Crippen LogP contribution < -0.4 is 15.4 Å². The fourth-order valence-electron chi connectivity index (χ4n) is 5.60. The molecule has 1 fully saturated rings. The number of carbonyl (C=O) groups excluding carboxylic acids is 2. The second-order valence-electron chi connectivity index (χ2n) is 10.6. The van der Waals surface area contributed by atoms with E-state index in [2.05, 4.69) is 20.9 Å². The maximum absolute atomic E-state index is 13.6. The molecule has 2 N–H and O–H groups in total. The SMILES string of the molecule is O=C(Nc1nn(CCC2CC2)c2c1C(=O)N[C@@]1(CCc3cc(OCCCC(F)(F)F)ccc31)C2)c1ccno1. The molecule has 2 aromatic heterocycles. The van der Waals surface area contributed by atoms with Gasteiger partial charge in [0.25, 0.3) is 11.8 Å². The maximum Gasteiger partial charge on any atom is 0.389 e. The zero-order valence-electron chi connectivity index (χ0n) is 21.1. The average molecular weight is 544 g/mol. The highest BCUT2D eigenvalue weighted by Crippen LogP contribution is 2.45. The summed E-state index contributed by atoms with van der Waals surface area (Å²) in [5.41, 5.74) is 2.44. The summed E-state index contributed by atoms with van der Waals surface area (Å²) in [6, 6.07) is 6.93. The van der Waals surface area contributed by atoms with Crippen LogP contribution >= 0.6 is 0 Å². The molecule has 0 radical (unpaired) electrons. The lowest BCUT2D eigenvalue weighted by molar-refractivity contribution is -0.136. The number of amides is 2. The Morgan fingerprint density at radius 1 is 1.28 bits per heavy atom. The number of benzene rings is 1. The third-order valence-electron chi connectivity index (χ3n) is 7.73. The number of carbonyl (C=O) groups is 2. The van der Waals surface area contributed by atoms with Crippen LogP contribution in [0.1, 0.15) is 76.3 Å². The molecule has 9 nitrogen and oxygen atoms in total. The number of hydrogen-bond donors (Lipinski definition) is 2. The molecule has 0 bridgehead atoms. The zero-order chi connectivity index (χ0) is 27.2. The van der Waals surface area contributed by atoms with E-state index in [9.17, 15) is 22.8 Å². The lowest BCUT2D eigenvalue weighted by atomic mass is 9.82. The summed E-state index contributed by atoms with van der Waals surface area (Å²) in [7, 11) is 0. The van der Waals surface area contributed by atoms with Crippen molar-refractivity contribution in [2.45, 2.75) is 69.6 Å². The molecule has 0 unspecified atom stereocenters. The molecule has 0 saturated heterocycles. The Morgan fingerprint density at radius 2 is 2.13 bits per heavy atom. The van der Waals surface area contributed by atoms with E-state index in [1.165, 1.54) is 25.1 Å². The molecule has 206 valence electrons. The standard InChI is InChI=1S/C27H28F3N5O4/c28-27(29,30)9-1-13-38-18-4-5-19-17(14-18)6-10-26(19)15-20-22(25(37)33-26)23(32-24(36)21-7-11-31-39-21)34-35(20)12-8-16-2-3-16/h4-5,7,11,14,16H,1-3,6,8-10,12-13,15H2,(H,33,37)(H,32,34,36)/t26-/m0/s1. The monoisotopic (exact) mass is 543 g/mol. The van der Waals surface area contributed by atoms with E-state index in [1.54, 1.807) is 6.07 Å². The third kappa shape index (κ3) is 5.24. The molecular formula is C27H28F3N5O4. The number of anilines is 1. The fraction of sp³-hybridized carbons (Fsp3) is 0.481. The second-order valence-corrected chi connectivity index (χ2v) is 10.6. The predicted octanol–water partition coefficient (Wildman–Crippen LogP) is 4.77. The molecular weight excluding hydrogens is 515 g/mol. The van der Waals surface area contributed by atoms with Crippen molar-refractivity contribution in [3.8, 4) is 5.75 Å². The molecule has 3 heterocycles. The summed E-state index contributed by atoms with van der Waals surface area (Å²) >= 11 is 0. The van der Waals surface area contributed by atoms with Gasteiger partial charge >= 0.3 is 6.18 Å². The highest BCUT2D eigenvalue weighted by atomic mass is 19.4. The van der Waals surface area contributed by atoms with Gasteiger partial charge in [-0.05, 0) is 54.9 Å². The topological polar surface area (TPSA) is 111 Å². The van der Waals surface area contributed by atoms with Crippen molar-refractivity contribution in [1.82, 2.24) is 20.3 Å². The molecule has 1 atom stereocenters. The smallest absolute Gasteiger partial charge is 0.389 e. The van der Waals surface area contributed by atoms with Gasteiger partial charge in [-0.1, -0.05) is 24.1 Å². The minimum Gasteiger partial charge on any atom is -0.494 e. The van der Waals surface area contributed by atoms with Crippen LogP contribution in [0.2, 0.25) is 0 Å². The van der Waals surface area contributed by atoms with Crippen LogP contribution in [0.5, 0.6) is 5.75 Å². The van der Waals surface area contributed by atoms with Gasteiger partial charge in [-0.2, -0.15) is 18.3 Å². The van der Waals surface area contributed by atoms with Crippen LogP contribution in [0.3, 0.4) is 0 Å². The number of aryl methyl sites for hydroxylation is 2. The third-order valence-corrected chi connectivity index (χ3v) is 7.73. The summed E-state index contributed by atoms with van der Waals surface area (Å²) in [6.45, 7) is 0.623. The van der Waals surface area contributed by atoms with Gasteiger partial charge < -0.3 is 19.9 Å². The van der Waals surface area contributed by atoms with E-state index < -0.39 is 24.0 Å². The lowest BCUT2D eigenvalue weighted by Crippen LogP contribution is -2.50. The molecule has 3 aliphatic rings. The van der Waals surface area contributed by atoms with Crippen LogP contribution in [0.4, 0.5) is 19.0 Å². The summed E-state index contributed by atoms with van der Waals surface area (Å²) in [6.07, 6.45) is 1.37. The van der Waals surface area contributed by atoms with Crippen molar-refractivity contribution in [2.24, 2.45) is 5.92 Å². The number of nitrogens with one attached hydrogen (secondary N) is 2. The first kappa shape index (κ1) is 25.4. The second kappa shape index (κ2) is 9.73. The van der Waals surface area contributed by atoms with E-state index in [4.69, 9.17) is 9.26 Å². The van der Waals surface area contributed by atoms with Crippen LogP contribution in [-0.2, 0) is 24.9 Å². The highest BCUT2D eigenvalue weighted by Gasteiger charge is 2.47. The molecule has 1 aromatic carbocycles. The first-order valence-electron chi connectivity index (χ1n) is 13.2. The summed E-state index contributed by atoms with van der Waals surface area (Å²) < 4.78 is 49.6. The van der Waals surface area contributed by atoms with Crippen molar-refractivity contribution >= 4 is 17.6 Å². The lowest BCUT2D eigenvalue weighted by Gasteiger charge is -2.36. The van der Waals surface area contributed by atoms with Crippen molar-refractivity contribution < 1.29 is 32.0 Å². The van der Waals surface area contributed by atoms with E-state index in [0.717, 1.165) is 23.2 Å². The minimum atomic E-state index is -4.20. The van der Waals surface area contributed by atoms with Crippen molar-refractivity contribution in [3.05, 3.63) is 58.6 Å². The number of hydrogen-bond acceptors (Lipinski definition) is 6. The Bertz CT molecular complexity index is 1400. The van der Waals surface area contributed by atoms with Gasteiger partial charge in [-0.3, -0.25) is 14.3 Å². The molecule has 1 saturated carbocycles. The van der Waals surface area contributed by atoms with Gasteiger partial charge in [0.2, 0.25) is 5.76 Å². The van der Waals surface area contributed by atoms with Gasteiger partial charge in [-0.25, -0.2) is 0 Å². The van der Waals surface area contributed by atoms with Crippen LogP contribution in [0.15, 0.2) is 35.0 Å². The van der Waals surface area contributed by atoms with Crippen molar-refractivity contribution in [1.29, 1.82) is 0 Å². The Labute approximate surface area is 222 Å². The van der Waals surface area contributed by atoms with E-state index in [1.807, 2.05) is 16.8 Å². The number of aromatic nitrogens is 3. The van der Waals surface area contributed by atoms with Crippen LogP contribution in [-0.4, -0.2) is 39.5 Å². The predicted molar refractivity (Wildman–Crippen MR) is 132 cm³/mol. The van der Waals surface area contributed by atoms with E-state index in [-0.39, 0.29) is 30.5 Å². The van der Waals surface area contributed by atoms with E-state index >= 15 is 0 Å². The summed E-state index contributed by atoms with van der Waals surface area (Å²) in [5.74, 6) is 0.528. The normalized spacial score (nSPS) is 20.0. The van der Waals surface area contributed by atoms with Gasteiger partial charge in [0.1, 0.15) is 11.3 Å². The largest absolute Gasteiger partial charge is 0.494 e. The quantitative estimate of drug-likeness (QED) is 0.376. The average Bonchev–Trinajstić information content (AvgIpc) is 3.27. The number of alkyl halides is 3. The molecule has 1 spiro atoms. The van der Waals surface area contributed by atoms with Gasteiger partial charge in [0.05, 0.1) is 24.0 Å². The fourth-order valence-corrected chi connectivity index (χ4v) is 5.60. The van der Waals surface area contributed by atoms with Crippen molar-refractivity contribution in [2.75, 3.05) is 11.9 Å². The number of fused-ring (bicyclic) bond motifs is 3. The van der Waals surface area contributed by atoms with Crippen LogP contribution in [0, 0.1) is 5.92 Å². The van der Waals surface area contributed by atoms with Crippen molar-refractivity contribution in [3.63, 3.8) is 0 Å². The number of ether oxygens (including phenoxy) is 1. The van der Waals surface area contributed by atoms with Gasteiger partial charge in [0, 0.05) is 25.5 Å². The molecule has 12 heteroatoms. The molecule has 6 rings (SSSR count). The maximum atomic E-state index is 13.6. The molecule has 2 amide bonds. The Hall–Kier alpha value is -3.83. The van der Waals surface area contributed by atoms with E-state index in [0.29, 0.717) is 43.0 Å². The van der Waals surface area contributed by atoms with Crippen LogP contribution in [0.25, 0.3) is 0 Å². The van der Waals surface area contributed by atoms with Gasteiger partial charge in [0.15, 0.2) is 5.82 Å². The number of rotatable bonds is 9. The summed E-state index contributed by atoms with van der Waals surface area (Å²) in [4.78, 5) is 26.2. The zero-order valence-corrected chi connectivity index (χ0v) is 21.1. The molecule has 39 heavy (non-hydrogen) atoms. The van der Waals surface area contributed by atoms with Gasteiger partial charge in [-0.15, -0.1) is 0 Å². The summed E-state index contributed by atoms with van der Waals surface area (Å²) in [5, 5.41) is 14.1. The Kier molecular flexibility index (Phi) is 6.35. The minimum absolute atomic E-state index is 0.0186. The highest BCUT2D eigenvalue weighted by molar-refractivity contribution is 6.08. The first-order valence-corrected chi connectivity index (χ1v) is 13.2. The Balaban J connectivity index is 1.24. The molecule has 1 aliphatic heterocycles. The molecule has 3 aromatic rings. The number of halogens is 3.